The Hall–Kier alpha value is -2.77. The van der Waals surface area contributed by atoms with Gasteiger partial charge in [0.1, 0.15) is 17.1 Å². The molecule has 4 rings (SSSR count). The van der Waals surface area contributed by atoms with E-state index in [1.54, 1.807) is 18.2 Å². The normalized spacial score (nSPS) is 15.9. The fourth-order valence-corrected chi connectivity index (χ4v) is 2.25. The van der Waals surface area contributed by atoms with E-state index in [9.17, 15) is 4.79 Å². The molecule has 1 fully saturated rings. The summed E-state index contributed by atoms with van der Waals surface area (Å²) in [5, 5.41) is 17.3. The van der Waals surface area contributed by atoms with Crippen LogP contribution in [0, 0.1) is 0 Å². The van der Waals surface area contributed by atoms with Crippen LogP contribution in [0.5, 0.6) is 0 Å². The number of carbonyl (C=O) groups is 1. The van der Waals surface area contributed by atoms with Crippen molar-refractivity contribution in [3.63, 3.8) is 0 Å². The number of amides is 1. The molecule has 8 nitrogen and oxygen atoms in total. The number of aromatic nitrogens is 5. The predicted molar refractivity (Wildman–Crippen MR) is 76.0 cm³/mol. The highest BCUT2D eigenvalue weighted by Crippen LogP contribution is 2.38. The highest BCUT2D eigenvalue weighted by molar-refractivity contribution is 5.97. The van der Waals surface area contributed by atoms with Crippen molar-refractivity contribution in [1.29, 1.82) is 0 Å². The summed E-state index contributed by atoms with van der Waals surface area (Å²) in [6, 6.07) is 4.79. The van der Waals surface area contributed by atoms with Gasteiger partial charge in [-0.15, -0.1) is 0 Å². The Morgan fingerprint density at radius 3 is 3.00 bits per heavy atom. The molecule has 8 heteroatoms. The van der Waals surface area contributed by atoms with Gasteiger partial charge < -0.3 is 9.84 Å². The maximum atomic E-state index is 12.3. The van der Waals surface area contributed by atoms with E-state index < -0.39 is 0 Å². The van der Waals surface area contributed by atoms with Crippen LogP contribution in [0.1, 0.15) is 53.8 Å². The Balaban J connectivity index is 1.49. The van der Waals surface area contributed by atoms with Gasteiger partial charge in [0, 0.05) is 11.5 Å². The molecule has 0 unspecified atom stereocenters. The SMILES string of the molecule is C[C@H](NC(=O)c1ccc2n[nH]nc2c1)c1nc(C2CC2)no1. The van der Waals surface area contributed by atoms with E-state index in [0.29, 0.717) is 22.9 Å². The third kappa shape index (κ3) is 2.32. The van der Waals surface area contributed by atoms with Crippen LogP contribution >= 0.6 is 0 Å². The van der Waals surface area contributed by atoms with Crippen molar-refractivity contribution >= 4 is 16.9 Å². The standard InChI is InChI=1S/C14H14N6O2/c1-7(14-16-12(19-22-14)8-2-3-8)15-13(21)9-4-5-10-11(6-9)18-20-17-10/h4-8H,2-3H2,1H3,(H,15,21)(H,17,18,20)/t7-/m0/s1. The number of benzene rings is 1. The average molecular weight is 298 g/mol. The third-order valence-electron chi connectivity index (χ3n) is 3.70. The van der Waals surface area contributed by atoms with Crippen LogP contribution in [0.25, 0.3) is 11.0 Å². The van der Waals surface area contributed by atoms with Crippen molar-refractivity contribution in [3.8, 4) is 0 Å². The van der Waals surface area contributed by atoms with Crippen LogP contribution in [-0.4, -0.2) is 31.5 Å². The molecule has 1 saturated carbocycles. The minimum Gasteiger partial charge on any atom is -0.341 e. The van der Waals surface area contributed by atoms with Crippen LogP contribution in [-0.2, 0) is 0 Å². The fraction of sp³-hybridized carbons (Fsp3) is 0.357. The molecule has 1 aliphatic rings. The molecule has 0 aliphatic heterocycles. The Bertz CT molecular complexity index is 835. The molecule has 1 amide bonds. The first-order valence-corrected chi connectivity index (χ1v) is 7.15. The maximum Gasteiger partial charge on any atom is 0.251 e. The van der Waals surface area contributed by atoms with E-state index in [2.05, 4.69) is 30.9 Å². The second-order valence-corrected chi connectivity index (χ2v) is 5.49. The average Bonchev–Trinajstić information content (AvgIpc) is 3.07. The van der Waals surface area contributed by atoms with Gasteiger partial charge in [0.25, 0.3) is 5.91 Å². The lowest BCUT2D eigenvalue weighted by Crippen LogP contribution is -2.26. The monoisotopic (exact) mass is 298 g/mol. The lowest BCUT2D eigenvalue weighted by Gasteiger charge is -2.09. The van der Waals surface area contributed by atoms with Gasteiger partial charge in [-0.3, -0.25) is 4.79 Å². The topological polar surface area (TPSA) is 110 Å². The molecule has 0 saturated heterocycles. The number of rotatable bonds is 4. The summed E-state index contributed by atoms with van der Waals surface area (Å²) < 4.78 is 5.22. The van der Waals surface area contributed by atoms with Gasteiger partial charge in [-0.1, -0.05) is 5.16 Å². The first kappa shape index (κ1) is 12.9. The van der Waals surface area contributed by atoms with Crippen molar-refractivity contribution < 1.29 is 9.32 Å². The highest BCUT2D eigenvalue weighted by atomic mass is 16.5. The van der Waals surface area contributed by atoms with Gasteiger partial charge in [0.05, 0.1) is 0 Å². The number of nitrogens with one attached hydrogen (secondary N) is 2. The van der Waals surface area contributed by atoms with Gasteiger partial charge >= 0.3 is 0 Å². The number of hydrogen-bond donors (Lipinski definition) is 2. The second-order valence-electron chi connectivity index (χ2n) is 5.49. The van der Waals surface area contributed by atoms with E-state index in [1.807, 2.05) is 6.92 Å². The van der Waals surface area contributed by atoms with E-state index >= 15 is 0 Å². The Morgan fingerprint density at radius 1 is 1.36 bits per heavy atom. The fourth-order valence-electron chi connectivity index (χ4n) is 2.25. The molecule has 0 radical (unpaired) electrons. The molecule has 2 aromatic heterocycles. The number of hydrogen-bond acceptors (Lipinski definition) is 6. The molecule has 1 aliphatic carbocycles. The number of carbonyl (C=O) groups excluding carboxylic acids is 1. The number of H-pyrrole nitrogens is 1. The summed E-state index contributed by atoms with van der Waals surface area (Å²) in [7, 11) is 0. The van der Waals surface area contributed by atoms with E-state index in [0.717, 1.165) is 24.2 Å². The van der Waals surface area contributed by atoms with Gasteiger partial charge in [-0.05, 0) is 38.0 Å². The molecule has 112 valence electrons. The molecule has 22 heavy (non-hydrogen) atoms. The molecule has 2 heterocycles. The summed E-state index contributed by atoms with van der Waals surface area (Å²) in [4.78, 5) is 16.6. The first-order chi connectivity index (χ1) is 10.7. The van der Waals surface area contributed by atoms with Crippen molar-refractivity contribution in [1.82, 2.24) is 30.9 Å². The second kappa shape index (κ2) is 4.90. The van der Waals surface area contributed by atoms with Crippen LogP contribution in [0.15, 0.2) is 22.7 Å². The molecule has 0 bridgehead atoms. The molecular weight excluding hydrogens is 284 g/mol. The highest BCUT2D eigenvalue weighted by Gasteiger charge is 2.29. The lowest BCUT2D eigenvalue weighted by atomic mass is 10.1. The van der Waals surface area contributed by atoms with Crippen molar-refractivity contribution in [2.45, 2.75) is 31.7 Å². The summed E-state index contributed by atoms with van der Waals surface area (Å²) in [6.07, 6.45) is 2.22. The summed E-state index contributed by atoms with van der Waals surface area (Å²) in [6.45, 7) is 1.82. The van der Waals surface area contributed by atoms with Crippen molar-refractivity contribution in [2.24, 2.45) is 0 Å². The zero-order valence-electron chi connectivity index (χ0n) is 11.9. The van der Waals surface area contributed by atoms with Crippen LogP contribution < -0.4 is 5.32 Å². The molecule has 3 aromatic rings. The minimum atomic E-state index is -0.347. The van der Waals surface area contributed by atoms with Gasteiger partial charge in [0.15, 0.2) is 5.82 Å². The summed E-state index contributed by atoms with van der Waals surface area (Å²) >= 11 is 0. The van der Waals surface area contributed by atoms with E-state index in [1.165, 1.54) is 0 Å². The van der Waals surface area contributed by atoms with Crippen LogP contribution in [0.3, 0.4) is 0 Å². The van der Waals surface area contributed by atoms with Crippen molar-refractivity contribution in [2.75, 3.05) is 0 Å². The van der Waals surface area contributed by atoms with E-state index in [-0.39, 0.29) is 11.9 Å². The summed E-state index contributed by atoms with van der Waals surface area (Å²) in [5.41, 5.74) is 1.87. The van der Waals surface area contributed by atoms with Gasteiger partial charge in [0.2, 0.25) is 5.89 Å². The van der Waals surface area contributed by atoms with Crippen LogP contribution in [0.4, 0.5) is 0 Å². The predicted octanol–water partition coefficient (Wildman–Crippen LogP) is 1.71. The lowest BCUT2D eigenvalue weighted by molar-refractivity contribution is 0.0932. The van der Waals surface area contributed by atoms with Gasteiger partial charge in [-0.2, -0.15) is 20.4 Å². The minimum absolute atomic E-state index is 0.219. The molecular formula is C14H14N6O2. The van der Waals surface area contributed by atoms with Crippen molar-refractivity contribution in [3.05, 3.63) is 35.5 Å². The number of fused-ring (bicyclic) bond motifs is 1. The molecule has 1 atom stereocenters. The summed E-state index contributed by atoms with van der Waals surface area (Å²) in [5.74, 6) is 1.37. The number of nitrogens with zero attached hydrogens (tertiary/aromatic N) is 4. The largest absolute Gasteiger partial charge is 0.341 e. The smallest absolute Gasteiger partial charge is 0.251 e. The third-order valence-corrected chi connectivity index (χ3v) is 3.70. The van der Waals surface area contributed by atoms with Gasteiger partial charge in [-0.25, -0.2) is 0 Å². The quantitative estimate of drug-likeness (QED) is 0.758. The zero-order valence-corrected chi connectivity index (χ0v) is 11.9. The van der Waals surface area contributed by atoms with E-state index in [4.69, 9.17) is 4.52 Å². The zero-order chi connectivity index (χ0) is 15.1. The maximum absolute atomic E-state index is 12.3. The molecule has 1 aromatic carbocycles. The Kier molecular flexibility index (Phi) is 2.88. The number of aromatic amines is 1. The Labute approximate surface area is 125 Å². The Morgan fingerprint density at radius 2 is 2.18 bits per heavy atom. The van der Waals surface area contributed by atoms with Crippen LogP contribution in [0.2, 0.25) is 0 Å². The molecule has 2 N–H and O–H groups in total. The molecule has 0 spiro atoms. The first-order valence-electron chi connectivity index (χ1n) is 7.15.